The first-order valence-electron chi connectivity index (χ1n) is 9.56. The number of benzene rings is 2. The Balaban J connectivity index is 1.47. The lowest BCUT2D eigenvalue weighted by Crippen LogP contribution is -2.41. The number of nitrogens with one attached hydrogen (secondary N) is 2. The van der Waals surface area contributed by atoms with E-state index in [2.05, 4.69) is 10.6 Å². The number of amides is 4. The van der Waals surface area contributed by atoms with E-state index in [0.717, 1.165) is 22.2 Å². The highest BCUT2D eigenvalue weighted by Gasteiger charge is 2.34. The minimum absolute atomic E-state index is 0.0149. The summed E-state index contributed by atoms with van der Waals surface area (Å²) in [4.78, 5) is 50.1. The van der Waals surface area contributed by atoms with Gasteiger partial charge in [-0.2, -0.15) is 0 Å². The van der Waals surface area contributed by atoms with E-state index in [1.807, 2.05) is 6.92 Å². The van der Waals surface area contributed by atoms with Gasteiger partial charge in [-0.1, -0.05) is 47.0 Å². The highest BCUT2D eigenvalue weighted by Crippen LogP contribution is 2.33. The number of carbonyl (C=O) groups excluding carboxylic acids is 4. The second kappa shape index (κ2) is 10.7. The number of carbonyl (C=O) groups is 4. The quantitative estimate of drug-likeness (QED) is 0.572. The van der Waals surface area contributed by atoms with Crippen molar-refractivity contribution in [2.45, 2.75) is 6.92 Å². The zero-order chi connectivity index (χ0) is 23.3. The fourth-order valence-electron chi connectivity index (χ4n) is 2.78. The first-order chi connectivity index (χ1) is 15.2. The predicted octanol–water partition coefficient (Wildman–Crippen LogP) is 3.88. The molecule has 2 aromatic carbocycles. The van der Waals surface area contributed by atoms with Crippen molar-refractivity contribution in [2.24, 2.45) is 0 Å². The molecule has 1 saturated heterocycles. The topological polar surface area (TPSA) is 95.6 Å². The van der Waals surface area contributed by atoms with Crippen LogP contribution in [0.3, 0.4) is 0 Å². The van der Waals surface area contributed by atoms with E-state index in [9.17, 15) is 19.2 Å². The third-order valence-electron chi connectivity index (χ3n) is 4.50. The van der Waals surface area contributed by atoms with Gasteiger partial charge >= 0.3 is 0 Å². The SMILES string of the molecule is Cc1ccc(C(=O)NCC(=O)NCCN2C(=O)S/C(=C\c3ccc(Cl)c(Cl)c3)C2=O)cc1. The molecule has 2 N–H and O–H groups in total. The van der Waals surface area contributed by atoms with Crippen molar-refractivity contribution in [2.75, 3.05) is 19.6 Å². The summed E-state index contributed by atoms with van der Waals surface area (Å²) in [6.07, 6.45) is 1.56. The Bertz CT molecular complexity index is 1100. The molecular formula is C22H19Cl2N3O4S. The molecule has 0 radical (unpaired) electrons. The zero-order valence-electron chi connectivity index (χ0n) is 17.0. The third-order valence-corrected chi connectivity index (χ3v) is 6.14. The van der Waals surface area contributed by atoms with E-state index in [0.29, 0.717) is 21.2 Å². The summed E-state index contributed by atoms with van der Waals surface area (Å²) in [5.41, 5.74) is 2.12. The molecule has 7 nitrogen and oxygen atoms in total. The van der Waals surface area contributed by atoms with Gasteiger partial charge in [0, 0.05) is 18.7 Å². The highest BCUT2D eigenvalue weighted by atomic mass is 35.5. The van der Waals surface area contributed by atoms with Crippen molar-refractivity contribution >= 4 is 64.0 Å². The summed E-state index contributed by atoms with van der Waals surface area (Å²) < 4.78 is 0. The lowest BCUT2D eigenvalue weighted by Gasteiger charge is -2.13. The second-order valence-electron chi connectivity index (χ2n) is 6.91. The van der Waals surface area contributed by atoms with Crippen LogP contribution in [0.2, 0.25) is 10.0 Å². The fraction of sp³-hybridized carbons (Fsp3) is 0.182. The van der Waals surface area contributed by atoms with E-state index in [4.69, 9.17) is 23.2 Å². The molecule has 2 aromatic rings. The highest BCUT2D eigenvalue weighted by molar-refractivity contribution is 8.18. The maximum atomic E-state index is 12.5. The second-order valence-corrected chi connectivity index (χ2v) is 8.71. The first kappa shape index (κ1) is 23.8. The van der Waals surface area contributed by atoms with Gasteiger partial charge in [-0.25, -0.2) is 0 Å². The largest absolute Gasteiger partial charge is 0.353 e. The summed E-state index contributed by atoms with van der Waals surface area (Å²) in [5.74, 6) is -1.24. The summed E-state index contributed by atoms with van der Waals surface area (Å²) in [5, 5.41) is 5.42. The van der Waals surface area contributed by atoms with Gasteiger partial charge in [0.15, 0.2) is 0 Å². The normalized spacial score (nSPS) is 14.7. The van der Waals surface area contributed by atoms with Crippen molar-refractivity contribution in [1.82, 2.24) is 15.5 Å². The molecule has 0 aromatic heterocycles. The third kappa shape index (κ3) is 6.12. The van der Waals surface area contributed by atoms with Crippen LogP contribution in [-0.4, -0.2) is 47.5 Å². The van der Waals surface area contributed by atoms with Crippen LogP contribution < -0.4 is 10.6 Å². The standard InChI is InChI=1S/C22H19Cl2N3O4S/c1-13-2-5-15(6-3-13)20(29)26-12-19(28)25-8-9-27-21(30)18(32-22(27)31)11-14-4-7-16(23)17(24)10-14/h2-7,10-11H,8-9,12H2,1H3,(H,25,28)(H,26,29)/b18-11-. The predicted molar refractivity (Wildman–Crippen MR) is 126 cm³/mol. The summed E-state index contributed by atoms with van der Waals surface area (Å²) in [6.45, 7) is 1.78. The van der Waals surface area contributed by atoms with Crippen molar-refractivity contribution in [3.8, 4) is 0 Å². The van der Waals surface area contributed by atoms with E-state index in [-0.39, 0.29) is 30.4 Å². The van der Waals surface area contributed by atoms with Crippen LogP contribution in [0.1, 0.15) is 21.5 Å². The van der Waals surface area contributed by atoms with E-state index >= 15 is 0 Å². The Morgan fingerprint density at radius 3 is 2.44 bits per heavy atom. The molecule has 3 rings (SSSR count). The van der Waals surface area contributed by atoms with Crippen molar-refractivity contribution in [1.29, 1.82) is 0 Å². The number of hydrogen-bond acceptors (Lipinski definition) is 5. The summed E-state index contributed by atoms with van der Waals surface area (Å²) in [7, 11) is 0. The average Bonchev–Trinajstić information content (AvgIpc) is 3.02. The molecule has 0 spiro atoms. The maximum absolute atomic E-state index is 12.5. The molecule has 1 heterocycles. The minimum Gasteiger partial charge on any atom is -0.353 e. The van der Waals surface area contributed by atoms with Crippen LogP contribution in [0.5, 0.6) is 0 Å². The van der Waals surface area contributed by atoms with Crippen LogP contribution in [0.15, 0.2) is 47.4 Å². The summed E-state index contributed by atoms with van der Waals surface area (Å²) in [6, 6.07) is 11.9. The van der Waals surface area contributed by atoms with E-state index in [1.54, 1.807) is 48.5 Å². The smallest absolute Gasteiger partial charge is 0.293 e. The van der Waals surface area contributed by atoms with Gasteiger partial charge in [0.05, 0.1) is 21.5 Å². The number of imide groups is 1. The van der Waals surface area contributed by atoms with Crippen molar-refractivity contribution < 1.29 is 19.2 Å². The monoisotopic (exact) mass is 491 g/mol. The van der Waals surface area contributed by atoms with Crippen LogP contribution in [0.25, 0.3) is 6.08 Å². The Kier molecular flexibility index (Phi) is 7.95. The molecule has 1 aliphatic heterocycles. The lowest BCUT2D eigenvalue weighted by atomic mass is 10.1. The number of nitrogens with zero attached hydrogens (tertiary/aromatic N) is 1. The molecule has 1 aliphatic rings. The number of thioether (sulfide) groups is 1. The van der Waals surface area contributed by atoms with Gasteiger partial charge in [-0.05, 0) is 54.6 Å². The molecule has 0 saturated carbocycles. The average molecular weight is 492 g/mol. The van der Waals surface area contributed by atoms with Crippen molar-refractivity contribution in [3.05, 3.63) is 74.1 Å². The molecule has 0 unspecified atom stereocenters. The van der Waals surface area contributed by atoms with Gasteiger partial charge in [0.2, 0.25) is 5.91 Å². The maximum Gasteiger partial charge on any atom is 0.293 e. The number of hydrogen-bond donors (Lipinski definition) is 2. The molecule has 0 atom stereocenters. The van der Waals surface area contributed by atoms with Crippen LogP contribution >= 0.6 is 35.0 Å². The Hall–Kier alpha value is -2.81. The van der Waals surface area contributed by atoms with E-state index < -0.39 is 17.1 Å². The van der Waals surface area contributed by atoms with Gasteiger partial charge in [-0.3, -0.25) is 24.1 Å². The van der Waals surface area contributed by atoms with Gasteiger partial charge in [0.1, 0.15) is 0 Å². The van der Waals surface area contributed by atoms with Crippen molar-refractivity contribution in [3.63, 3.8) is 0 Å². The number of rotatable bonds is 7. The zero-order valence-corrected chi connectivity index (χ0v) is 19.3. The van der Waals surface area contributed by atoms with Crippen LogP contribution in [-0.2, 0) is 9.59 Å². The van der Waals surface area contributed by atoms with Crippen LogP contribution in [0.4, 0.5) is 4.79 Å². The van der Waals surface area contributed by atoms with Gasteiger partial charge < -0.3 is 10.6 Å². The molecule has 0 bridgehead atoms. The molecule has 32 heavy (non-hydrogen) atoms. The molecule has 0 aliphatic carbocycles. The molecule has 10 heteroatoms. The minimum atomic E-state index is -0.451. The summed E-state index contributed by atoms with van der Waals surface area (Å²) >= 11 is 12.7. The van der Waals surface area contributed by atoms with E-state index in [1.165, 1.54) is 0 Å². The van der Waals surface area contributed by atoms with Crippen LogP contribution in [0, 0.1) is 6.92 Å². The number of halogens is 2. The molecule has 1 fully saturated rings. The van der Waals surface area contributed by atoms with Gasteiger partial charge in [0.25, 0.3) is 17.1 Å². The fourth-order valence-corrected chi connectivity index (χ4v) is 3.96. The van der Waals surface area contributed by atoms with Gasteiger partial charge in [-0.15, -0.1) is 0 Å². The molecule has 166 valence electrons. The first-order valence-corrected chi connectivity index (χ1v) is 11.1. The Morgan fingerprint density at radius 1 is 1.03 bits per heavy atom. The molecular weight excluding hydrogens is 473 g/mol. The Labute approximate surface area is 199 Å². The lowest BCUT2D eigenvalue weighted by molar-refractivity contribution is -0.124. The number of aryl methyl sites for hydroxylation is 1. The Morgan fingerprint density at radius 2 is 1.75 bits per heavy atom. The molecule has 4 amide bonds.